The Balaban J connectivity index is 2.37. The molecule has 92 valence electrons. The predicted octanol–water partition coefficient (Wildman–Crippen LogP) is 2.52. The summed E-state index contributed by atoms with van der Waals surface area (Å²) >= 11 is 1.64. The SMILES string of the molecule is CCCC(C)(N)c1nc(-c2cccs2)nn1C. The Hall–Kier alpha value is -1.20. The van der Waals surface area contributed by atoms with Gasteiger partial charge in [0, 0.05) is 7.05 Å². The highest BCUT2D eigenvalue weighted by molar-refractivity contribution is 7.13. The van der Waals surface area contributed by atoms with Crippen LogP contribution in [-0.2, 0) is 12.6 Å². The van der Waals surface area contributed by atoms with E-state index in [1.54, 1.807) is 16.0 Å². The second kappa shape index (κ2) is 4.58. The van der Waals surface area contributed by atoms with Gasteiger partial charge in [0.05, 0.1) is 10.4 Å². The summed E-state index contributed by atoms with van der Waals surface area (Å²) in [6.07, 6.45) is 1.94. The second-order valence-electron chi connectivity index (χ2n) is 4.53. The van der Waals surface area contributed by atoms with Gasteiger partial charge in [-0.2, -0.15) is 5.10 Å². The van der Waals surface area contributed by atoms with Gasteiger partial charge in [-0.1, -0.05) is 19.4 Å². The third-order valence-electron chi connectivity index (χ3n) is 2.78. The lowest BCUT2D eigenvalue weighted by Gasteiger charge is -2.22. The summed E-state index contributed by atoms with van der Waals surface area (Å²) in [5.74, 6) is 1.62. The van der Waals surface area contributed by atoms with Crippen LogP contribution in [0.2, 0.25) is 0 Å². The zero-order valence-electron chi connectivity index (χ0n) is 10.5. The molecule has 0 bridgehead atoms. The summed E-state index contributed by atoms with van der Waals surface area (Å²) in [5.41, 5.74) is 5.89. The Kier molecular flexibility index (Phi) is 3.31. The van der Waals surface area contributed by atoms with E-state index in [1.165, 1.54) is 0 Å². The van der Waals surface area contributed by atoms with Gasteiger partial charge < -0.3 is 5.73 Å². The van der Waals surface area contributed by atoms with Crippen molar-refractivity contribution in [2.75, 3.05) is 0 Å². The topological polar surface area (TPSA) is 56.7 Å². The molecular weight excluding hydrogens is 232 g/mol. The minimum atomic E-state index is -0.411. The van der Waals surface area contributed by atoms with Crippen molar-refractivity contribution < 1.29 is 0 Å². The molecule has 0 amide bonds. The van der Waals surface area contributed by atoms with Crippen molar-refractivity contribution in [2.24, 2.45) is 12.8 Å². The Labute approximate surface area is 105 Å². The van der Waals surface area contributed by atoms with E-state index in [0.717, 1.165) is 29.4 Å². The molecule has 0 spiro atoms. The summed E-state index contributed by atoms with van der Waals surface area (Å²) < 4.78 is 1.80. The van der Waals surface area contributed by atoms with E-state index in [4.69, 9.17) is 5.73 Å². The molecule has 17 heavy (non-hydrogen) atoms. The van der Waals surface area contributed by atoms with E-state index in [1.807, 2.05) is 31.5 Å². The molecule has 0 aliphatic rings. The van der Waals surface area contributed by atoms with Crippen LogP contribution in [0.25, 0.3) is 10.7 Å². The molecule has 0 saturated carbocycles. The normalized spacial score (nSPS) is 14.8. The Morgan fingerprint density at radius 3 is 2.88 bits per heavy atom. The molecule has 2 aromatic heterocycles. The van der Waals surface area contributed by atoms with E-state index >= 15 is 0 Å². The molecule has 2 rings (SSSR count). The van der Waals surface area contributed by atoms with E-state index in [9.17, 15) is 0 Å². The van der Waals surface area contributed by atoms with Gasteiger partial charge in [-0.05, 0) is 24.8 Å². The van der Waals surface area contributed by atoms with E-state index in [-0.39, 0.29) is 0 Å². The van der Waals surface area contributed by atoms with Gasteiger partial charge in [0.1, 0.15) is 5.82 Å². The van der Waals surface area contributed by atoms with Gasteiger partial charge in [-0.25, -0.2) is 4.98 Å². The van der Waals surface area contributed by atoms with Crippen molar-refractivity contribution in [3.63, 3.8) is 0 Å². The van der Waals surface area contributed by atoms with Crippen LogP contribution in [0.15, 0.2) is 17.5 Å². The summed E-state index contributed by atoms with van der Waals surface area (Å²) in [4.78, 5) is 5.66. The van der Waals surface area contributed by atoms with E-state index < -0.39 is 5.54 Å². The zero-order valence-corrected chi connectivity index (χ0v) is 11.3. The molecule has 0 fully saturated rings. The third kappa shape index (κ3) is 2.40. The molecule has 0 aromatic carbocycles. The molecule has 1 atom stereocenters. The molecule has 0 saturated heterocycles. The minimum absolute atomic E-state index is 0.411. The highest BCUT2D eigenvalue weighted by Crippen LogP contribution is 2.26. The highest BCUT2D eigenvalue weighted by atomic mass is 32.1. The number of nitrogens with two attached hydrogens (primary N) is 1. The van der Waals surface area contributed by atoms with Crippen molar-refractivity contribution in [1.82, 2.24) is 14.8 Å². The van der Waals surface area contributed by atoms with E-state index in [0.29, 0.717) is 0 Å². The van der Waals surface area contributed by atoms with Gasteiger partial charge in [0.25, 0.3) is 0 Å². The number of rotatable bonds is 4. The number of hydrogen-bond acceptors (Lipinski definition) is 4. The molecule has 2 N–H and O–H groups in total. The van der Waals surface area contributed by atoms with Crippen LogP contribution >= 0.6 is 11.3 Å². The molecule has 1 unspecified atom stereocenters. The molecule has 5 heteroatoms. The average Bonchev–Trinajstić information content (AvgIpc) is 2.85. The van der Waals surface area contributed by atoms with Crippen LogP contribution in [-0.4, -0.2) is 14.8 Å². The number of thiophene rings is 1. The number of nitrogens with zero attached hydrogens (tertiary/aromatic N) is 3. The van der Waals surface area contributed by atoms with Gasteiger partial charge in [-0.15, -0.1) is 11.3 Å². The second-order valence-corrected chi connectivity index (χ2v) is 5.48. The number of aromatic nitrogens is 3. The molecule has 2 aromatic rings. The average molecular weight is 250 g/mol. The van der Waals surface area contributed by atoms with Crippen molar-refractivity contribution >= 4 is 11.3 Å². The van der Waals surface area contributed by atoms with Gasteiger partial charge >= 0.3 is 0 Å². The fraction of sp³-hybridized carbons (Fsp3) is 0.500. The summed E-state index contributed by atoms with van der Waals surface area (Å²) in [5, 5.41) is 6.46. The minimum Gasteiger partial charge on any atom is -0.319 e. The first-order valence-electron chi connectivity index (χ1n) is 5.79. The molecule has 0 aliphatic carbocycles. The van der Waals surface area contributed by atoms with Crippen molar-refractivity contribution in [3.05, 3.63) is 23.3 Å². The lowest BCUT2D eigenvalue weighted by Crippen LogP contribution is -2.35. The fourth-order valence-electron chi connectivity index (χ4n) is 2.02. The van der Waals surface area contributed by atoms with Crippen LogP contribution in [0.5, 0.6) is 0 Å². The van der Waals surface area contributed by atoms with E-state index in [2.05, 4.69) is 17.0 Å². The van der Waals surface area contributed by atoms with Crippen LogP contribution in [0.1, 0.15) is 32.5 Å². The van der Waals surface area contributed by atoms with Crippen LogP contribution in [0.3, 0.4) is 0 Å². The predicted molar refractivity (Wildman–Crippen MR) is 70.8 cm³/mol. The smallest absolute Gasteiger partial charge is 0.191 e. The van der Waals surface area contributed by atoms with Crippen molar-refractivity contribution in [3.8, 4) is 10.7 Å². The standard InChI is InChI=1S/C12H18N4S/c1-4-7-12(2,13)11-14-10(15-16(11)3)9-6-5-8-17-9/h5-6,8H,4,7,13H2,1-3H3. The highest BCUT2D eigenvalue weighted by Gasteiger charge is 2.26. The lowest BCUT2D eigenvalue weighted by molar-refractivity contribution is 0.401. The Bertz CT molecular complexity index is 485. The molecule has 2 heterocycles. The summed E-state index contributed by atoms with van der Waals surface area (Å²) in [6, 6.07) is 4.03. The summed E-state index contributed by atoms with van der Waals surface area (Å²) in [7, 11) is 1.90. The van der Waals surface area contributed by atoms with Crippen molar-refractivity contribution in [1.29, 1.82) is 0 Å². The molecule has 4 nitrogen and oxygen atoms in total. The first-order valence-corrected chi connectivity index (χ1v) is 6.67. The van der Waals surface area contributed by atoms with Crippen LogP contribution < -0.4 is 5.73 Å². The fourth-order valence-corrected chi connectivity index (χ4v) is 2.68. The first-order chi connectivity index (χ1) is 8.04. The van der Waals surface area contributed by atoms with Gasteiger partial charge in [0.15, 0.2) is 5.82 Å². The van der Waals surface area contributed by atoms with Gasteiger partial charge in [0.2, 0.25) is 0 Å². The molecule has 0 radical (unpaired) electrons. The maximum absolute atomic E-state index is 6.30. The zero-order chi connectivity index (χ0) is 12.5. The van der Waals surface area contributed by atoms with Gasteiger partial charge in [-0.3, -0.25) is 4.68 Å². The maximum Gasteiger partial charge on any atom is 0.191 e. The molecular formula is C12H18N4S. The largest absolute Gasteiger partial charge is 0.319 e. The lowest BCUT2D eigenvalue weighted by atomic mass is 9.97. The number of aryl methyl sites for hydroxylation is 1. The Morgan fingerprint density at radius 2 is 2.29 bits per heavy atom. The number of hydrogen-bond donors (Lipinski definition) is 1. The van der Waals surface area contributed by atoms with Crippen LogP contribution in [0, 0.1) is 0 Å². The van der Waals surface area contributed by atoms with Crippen molar-refractivity contribution in [2.45, 2.75) is 32.2 Å². The first kappa shape index (κ1) is 12.3. The third-order valence-corrected chi connectivity index (χ3v) is 3.65. The van der Waals surface area contributed by atoms with Crippen LogP contribution in [0.4, 0.5) is 0 Å². The summed E-state index contributed by atoms with van der Waals surface area (Å²) in [6.45, 7) is 4.14. The Morgan fingerprint density at radius 1 is 1.53 bits per heavy atom. The quantitative estimate of drug-likeness (QED) is 0.907. The monoisotopic (exact) mass is 250 g/mol. The maximum atomic E-state index is 6.30. The molecule has 0 aliphatic heterocycles.